The zero-order valence-corrected chi connectivity index (χ0v) is 21.0. The van der Waals surface area contributed by atoms with Crippen molar-refractivity contribution in [3.05, 3.63) is 77.5 Å². The Kier molecular flexibility index (Phi) is 6.54. The molecule has 0 N–H and O–H groups in total. The van der Waals surface area contributed by atoms with Crippen LogP contribution in [0.4, 0.5) is 17.6 Å². The maximum absolute atomic E-state index is 13.7. The van der Waals surface area contributed by atoms with Crippen LogP contribution < -0.4 is 4.74 Å². The molecule has 1 aliphatic heterocycles. The fraction of sp³-hybridized carbons (Fsp3) is 0.357. The van der Waals surface area contributed by atoms with Gasteiger partial charge in [0.1, 0.15) is 11.6 Å². The Bertz CT molecular complexity index is 1400. The molecule has 0 bridgehead atoms. The van der Waals surface area contributed by atoms with E-state index in [1.54, 1.807) is 30.3 Å². The zero-order valence-electron chi connectivity index (χ0n) is 21.0. The number of hydrogen-bond donors (Lipinski definition) is 0. The van der Waals surface area contributed by atoms with E-state index in [2.05, 4.69) is 4.98 Å². The number of carbonyl (C=O) groups excluding carboxylic acids is 1. The minimum Gasteiger partial charge on any atom is -0.496 e. The lowest BCUT2D eigenvalue weighted by molar-refractivity contribution is -0.146. The largest absolute Gasteiger partial charge is 0.496 e. The lowest BCUT2D eigenvalue weighted by Gasteiger charge is -2.31. The summed E-state index contributed by atoms with van der Waals surface area (Å²) in [5.41, 5.74) is 0.444. The van der Waals surface area contributed by atoms with Gasteiger partial charge in [0.25, 0.3) is 0 Å². The highest BCUT2D eigenvalue weighted by atomic mass is 19.4. The number of alkyl halides is 3. The Morgan fingerprint density at radius 2 is 1.89 bits per heavy atom. The van der Waals surface area contributed by atoms with Gasteiger partial charge in [0, 0.05) is 24.1 Å². The number of benzene rings is 2. The summed E-state index contributed by atoms with van der Waals surface area (Å²) in [5, 5.41) is 0. The molecule has 2 aromatic carbocycles. The van der Waals surface area contributed by atoms with Crippen molar-refractivity contribution in [1.82, 2.24) is 9.55 Å². The van der Waals surface area contributed by atoms with E-state index in [0.717, 1.165) is 17.5 Å². The normalized spacial score (nSPS) is 23.1. The fourth-order valence-electron chi connectivity index (χ4n) is 5.79. The smallest absolute Gasteiger partial charge is 0.435 e. The van der Waals surface area contributed by atoms with Gasteiger partial charge in [-0.2, -0.15) is 13.2 Å². The number of halogens is 4. The Balaban J connectivity index is 1.60. The number of rotatable bonds is 5. The van der Waals surface area contributed by atoms with Crippen LogP contribution in [0.5, 0.6) is 5.75 Å². The van der Waals surface area contributed by atoms with E-state index in [-0.39, 0.29) is 18.3 Å². The number of carbonyl (C=O) groups is 1. The van der Waals surface area contributed by atoms with Crippen molar-refractivity contribution in [3.8, 4) is 17.0 Å². The van der Waals surface area contributed by atoms with E-state index in [0.29, 0.717) is 29.7 Å². The van der Waals surface area contributed by atoms with Crippen molar-refractivity contribution < 1.29 is 36.6 Å². The van der Waals surface area contributed by atoms with Gasteiger partial charge in [0.15, 0.2) is 5.69 Å². The molecule has 200 valence electrons. The number of methoxy groups -OCH3 is 2. The number of esters is 1. The first kappa shape index (κ1) is 26.0. The highest BCUT2D eigenvalue weighted by Gasteiger charge is 2.54. The van der Waals surface area contributed by atoms with Gasteiger partial charge in [-0.05, 0) is 60.4 Å². The minimum absolute atomic E-state index is 0.0635. The van der Waals surface area contributed by atoms with Crippen LogP contribution >= 0.6 is 0 Å². The molecule has 1 spiro atoms. The summed E-state index contributed by atoms with van der Waals surface area (Å²) < 4.78 is 73.0. The highest BCUT2D eigenvalue weighted by Crippen LogP contribution is 2.54. The molecule has 2 aliphatic rings. The monoisotopic (exact) mass is 530 g/mol. The molecule has 1 fully saturated rings. The summed E-state index contributed by atoms with van der Waals surface area (Å²) in [7, 11) is 4.32. The quantitative estimate of drug-likeness (QED) is 0.310. The lowest BCUT2D eigenvalue weighted by Crippen LogP contribution is -2.34. The molecular formula is C28H26F4N2O4. The highest BCUT2D eigenvalue weighted by molar-refractivity contribution is 5.80. The van der Waals surface area contributed by atoms with E-state index in [9.17, 15) is 22.4 Å². The summed E-state index contributed by atoms with van der Waals surface area (Å²) in [4.78, 5) is 16.3. The Hall–Kier alpha value is -3.66. The van der Waals surface area contributed by atoms with Crippen LogP contribution in [-0.4, -0.2) is 41.9 Å². The maximum Gasteiger partial charge on any atom is 0.435 e. The number of aryl methyl sites for hydroxylation is 1. The molecule has 10 heteroatoms. The van der Waals surface area contributed by atoms with E-state index >= 15 is 0 Å². The molecule has 6 nitrogen and oxygen atoms in total. The molecule has 2 heterocycles. The van der Waals surface area contributed by atoms with Gasteiger partial charge in [-0.3, -0.25) is 4.79 Å². The molecular weight excluding hydrogens is 504 g/mol. The van der Waals surface area contributed by atoms with Crippen LogP contribution in [0.25, 0.3) is 16.8 Å². The molecule has 0 amide bonds. The first-order valence-corrected chi connectivity index (χ1v) is 12.0. The third-order valence-corrected chi connectivity index (χ3v) is 7.45. The Morgan fingerprint density at radius 1 is 1.16 bits per heavy atom. The van der Waals surface area contributed by atoms with Crippen LogP contribution in [0.1, 0.15) is 35.6 Å². The third-order valence-electron chi connectivity index (χ3n) is 7.45. The van der Waals surface area contributed by atoms with Gasteiger partial charge in [-0.25, -0.2) is 9.37 Å². The third kappa shape index (κ3) is 4.36. The molecule has 0 radical (unpaired) electrons. The second kappa shape index (κ2) is 9.58. The maximum atomic E-state index is 13.7. The summed E-state index contributed by atoms with van der Waals surface area (Å²) in [5.74, 6) is -1.24. The van der Waals surface area contributed by atoms with Gasteiger partial charge in [0.2, 0.25) is 0 Å². The van der Waals surface area contributed by atoms with Gasteiger partial charge in [0.05, 0.1) is 44.4 Å². The number of imidazole rings is 1. The van der Waals surface area contributed by atoms with Crippen molar-refractivity contribution in [3.63, 3.8) is 0 Å². The molecule has 0 saturated heterocycles. The molecule has 3 atom stereocenters. The van der Waals surface area contributed by atoms with Crippen LogP contribution in [0, 0.1) is 11.7 Å². The average Bonchev–Trinajstić information content (AvgIpc) is 3.61. The molecule has 3 aromatic rings. The Labute approximate surface area is 216 Å². The topological polar surface area (TPSA) is 62.6 Å². The van der Waals surface area contributed by atoms with E-state index in [1.807, 2.05) is 6.08 Å². The SMILES string of the molecule is COC(=O)C1CCC2(C=C(c3cc(-c4c(C(F)(F)F)ncn4C)ccc3OC)CO2)C1c1ccc(F)cc1. The molecule has 38 heavy (non-hydrogen) atoms. The Morgan fingerprint density at radius 3 is 2.55 bits per heavy atom. The van der Waals surface area contributed by atoms with Gasteiger partial charge in [-0.1, -0.05) is 12.1 Å². The van der Waals surface area contributed by atoms with Crippen LogP contribution in [0.15, 0.2) is 54.9 Å². The van der Waals surface area contributed by atoms with Crippen LogP contribution in [-0.2, 0) is 27.5 Å². The summed E-state index contributed by atoms with van der Waals surface area (Å²) >= 11 is 0. The fourth-order valence-corrected chi connectivity index (χ4v) is 5.79. The van der Waals surface area contributed by atoms with E-state index in [1.165, 1.54) is 38.0 Å². The van der Waals surface area contributed by atoms with Crippen molar-refractivity contribution in [1.29, 1.82) is 0 Å². The molecule has 1 saturated carbocycles. The van der Waals surface area contributed by atoms with Gasteiger partial charge >= 0.3 is 12.1 Å². The predicted molar refractivity (Wildman–Crippen MR) is 131 cm³/mol. The van der Waals surface area contributed by atoms with Crippen LogP contribution in [0.2, 0.25) is 0 Å². The van der Waals surface area contributed by atoms with E-state index < -0.39 is 35.1 Å². The number of hydrogen-bond acceptors (Lipinski definition) is 5. The first-order chi connectivity index (χ1) is 18.1. The second-order valence-electron chi connectivity index (χ2n) is 9.58. The van der Waals surface area contributed by atoms with Crippen LogP contribution in [0.3, 0.4) is 0 Å². The number of aromatic nitrogens is 2. The molecule has 3 unspecified atom stereocenters. The van der Waals surface area contributed by atoms with Gasteiger partial charge in [-0.15, -0.1) is 0 Å². The zero-order chi connectivity index (χ0) is 27.2. The van der Waals surface area contributed by atoms with Crippen molar-refractivity contribution in [2.45, 2.75) is 30.5 Å². The molecule has 1 aliphatic carbocycles. The van der Waals surface area contributed by atoms with E-state index in [4.69, 9.17) is 14.2 Å². The van der Waals surface area contributed by atoms with Crippen molar-refractivity contribution in [2.75, 3.05) is 20.8 Å². The van der Waals surface area contributed by atoms with Crippen molar-refractivity contribution in [2.24, 2.45) is 13.0 Å². The lowest BCUT2D eigenvalue weighted by atomic mass is 9.79. The predicted octanol–water partition coefficient (Wildman–Crippen LogP) is 5.77. The number of ether oxygens (including phenoxy) is 3. The minimum atomic E-state index is -4.62. The average molecular weight is 531 g/mol. The standard InChI is InChI=1S/C28H26F4N2O4/c1-34-15-33-25(28(30,31)32)24(34)17-6-9-22(36-2)21(12-17)18-13-27(38-14-18)11-10-20(26(35)37-3)23(27)16-4-7-19(29)8-5-16/h4-9,12-13,15,20,23H,10-11,14H2,1-3H3. The summed E-state index contributed by atoms with van der Waals surface area (Å²) in [6, 6.07) is 10.8. The number of nitrogens with zero attached hydrogens (tertiary/aromatic N) is 2. The van der Waals surface area contributed by atoms with Gasteiger partial charge < -0.3 is 18.8 Å². The first-order valence-electron chi connectivity index (χ1n) is 12.0. The summed E-state index contributed by atoms with van der Waals surface area (Å²) in [6.07, 6.45) is -0.543. The molecule has 5 rings (SSSR count). The van der Waals surface area contributed by atoms with Crippen molar-refractivity contribution >= 4 is 11.5 Å². The second-order valence-corrected chi connectivity index (χ2v) is 9.58. The summed E-state index contributed by atoms with van der Waals surface area (Å²) in [6.45, 7) is 0.156. The molecule has 1 aromatic heterocycles.